The molecule has 1 aromatic rings. The Hall–Kier alpha value is -1.88. The van der Waals surface area contributed by atoms with Gasteiger partial charge in [-0.05, 0) is 24.0 Å². The minimum atomic E-state index is -1.72. The number of fused-ring (bicyclic) bond motifs is 3. The summed E-state index contributed by atoms with van der Waals surface area (Å²) in [5.41, 5.74) is 0.502. The van der Waals surface area contributed by atoms with E-state index in [1.54, 1.807) is 6.07 Å². The average molecular weight is 382 g/mol. The molecule has 0 bridgehead atoms. The molecular formula is C17H20BFO8. The predicted octanol–water partition coefficient (Wildman–Crippen LogP) is 1.85. The predicted molar refractivity (Wildman–Crippen MR) is 88.4 cm³/mol. The van der Waals surface area contributed by atoms with Crippen LogP contribution in [-0.4, -0.2) is 49.5 Å². The first-order valence-corrected chi connectivity index (χ1v) is 8.92. The number of carbonyl (C=O) groups excluding carboxylic acids is 1. The lowest BCUT2D eigenvalue weighted by Crippen LogP contribution is -2.28. The van der Waals surface area contributed by atoms with Crippen molar-refractivity contribution in [3.8, 4) is 5.75 Å². The third-order valence-electron chi connectivity index (χ3n) is 5.10. The third kappa shape index (κ3) is 3.89. The van der Waals surface area contributed by atoms with Gasteiger partial charge in [0.1, 0.15) is 17.7 Å². The van der Waals surface area contributed by atoms with Crippen molar-refractivity contribution >= 4 is 13.3 Å². The van der Waals surface area contributed by atoms with Crippen molar-refractivity contribution in [2.24, 2.45) is 0 Å². The number of aliphatic hydroxyl groups excluding tert-OH is 1. The summed E-state index contributed by atoms with van der Waals surface area (Å²) in [7, 11) is -1.04. The number of carbonyl (C=O) groups is 1. The van der Waals surface area contributed by atoms with E-state index in [1.807, 2.05) is 0 Å². The van der Waals surface area contributed by atoms with E-state index in [2.05, 4.69) is 0 Å². The summed E-state index contributed by atoms with van der Waals surface area (Å²) < 4.78 is 39.7. The van der Waals surface area contributed by atoms with Gasteiger partial charge in [-0.25, -0.2) is 9.18 Å². The Morgan fingerprint density at radius 3 is 2.93 bits per heavy atom. The zero-order valence-electron chi connectivity index (χ0n) is 14.5. The zero-order valence-corrected chi connectivity index (χ0v) is 14.5. The second-order valence-corrected chi connectivity index (χ2v) is 6.85. The molecule has 2 fully saturated rings. The zero-order chi connectivity index (χ0) is 19.0. The molecule has 3 atom stereocenters. The van der Waals surface area contributed by atoms with Crippen molar-refractivity contribution in [1.82, 2.24) is 0 Å². The molecule has 0 amide bonds. The number of ether oxygens (including phenoxy) is 4. The highest BCUT2D eigenvalue weighted by atomic mass is 19.1. The van der Waals surface area contributed by atoms with E-state index in [4.69, 9.17) is 23.6 Å². The second kappa shape index (κ2) is 7.63. The molecule has 146 valence electrons. The van der Waals surface area contributed by atoms with E-state index in [1.165, 1.54) is 6.07 Å². The SMILES string of the molecule is O=C(OCOC(O)c1c(F)ccc2c1OB(O)[C@@H]1C[C@H]21)OC1CCOCC1. The molecule has 3 aliphatic rings. The molecule has 10 heteroatoms. The fourth-order valence-corrected chi connectivity index (χ4v) is 3.54. The molecule has 2 heterocycles. The maximum Gasteiger partial charge on any atom is 0.526 e. The van der Waals surface area contributed by atoms with Gasteiger partial charge in [-0.3, -0.25) is 0 Å². The van der Waals surface area contributed by atoms with Crippen molar-refractivity contribution in [1.29, 1.82) is 0 Å². The molecule has 1 saturated heterocycles. The van der Waals surface area contributed by atoms with Crippen LogP contribution in [0.2, 0.25) is 5.82 Å². The van der Waals surface area contributed by atoms with Gasteiger partial charge in [0.15, 0.2) is 13.1 Å². The smallest absolute Gasteiger partial charge is 0.526 e. The molecule has 0 radical (unpaired) electrons. The molecule has 0 spiro atoms. The summed E-state index contributed by atoms with van der Waals surface area (Å²) in [6.07, 6.45) is -1.02. The van der Waals surface area contributed by atoms with Crippen molar-refractivity contribution in [3.05, 3.63) is 29.1 Å². The molecule has 1 unspecified atom stereocenters. The van der Waals surface area contributed by atoms with Crippen LogP contribution in [0.4, 0.5) is 9.18 Å². The van der Waals surface area contributed by atoms with E-state index in [0.29, 0.717) is 26.1 Å². The van der Waals surface area contributed by atoms with Crippen LogP contribution >= 0.6 is 0 Å². The highest BCUT2D eigenvalue weighted by Crippen LogP contribution is 2.60. The number of benzene rings is 1. The van der Waals surface area contributed by atoms with Gasteiger partial charge in [0.2, 0.25) is 0 Å². The Morgan fingerprint density at radius 1 is 1.37 bits per heavy atom. The first-order valence-electron chi connectivity index (χ1n) is 8.92. The van der Waals surface area contributed by atoms with E-state index in [0.717, 1.165) is 12.0 Å². The summed E-state index contributed by atoms with van der Waals surface area (Å²) in [4.78, 5) is 11.6. The van der Waals surface area contributed by atoms with Crippen LogP contribution < -0.4 is 4.65 Å². The number of aliphatic hydroxyl groups is 1. The Morgan fingerprint density at radius 2 is 2.15 bits per heavy atom. The molecule has 4 rings (SSSR count). The molecule has 27 heavy (non-hydrogen) atoms. The van der Waals surface area contributed by atoms with Gasteiger partial charge < -0.3 is 33.7 Å². The lowest BCUT2D eigenvalue weighted by atomic mass is 9.77. The van der Waals surface area contributed by atoms with Gasteiger partial charge in [0.25, 0.3) is 0 Å². The average Bonchev–Trinajstić information content (AvgIpc) is 3.44. The quantitative estimate of drug-likeness (QED) is 0.452. The minimum Gasteiger partial charge on any atom is -0.535 e. The standard InChI is InChI=1S/C17H20BFO8/c19-13-2-1-10-11-7-12(11)18(22)27-15(10)14(13)16(20)24-8-25-17(21)26-9-3-5-23-6-4-9/h1-2,9,11-12,16,20,22H,3-8H2/t11-,12-,16?/m1/s1. The van der Waals surface area contributed by atoms with Crippen LogP contribution in [0, 0.1) is 5.82 Å². The number of halogens is 1. The topological polar surface area (TPSA) is 104 Å². The van der Waals surface area contributed by atoms with Crippen molar-refractivity contribution in [3.63, 3.8) is 0 Å². The lowest BCUT2D eigenvalue weighted by Gasteiger charge is -2.25. The Bertz CT molecular complexity index is 710. The number of hydrogen-bond acceptors (Lipinski definition) is 8. The first kappa shape index (κ1) is 18.5. The molecule has 2 N–H and O–H groups in total. The minimum absolute atomic E-state index is 0.00263. The maximum atomic E-state index is 14.2. The molecule has 8 nitrogen and oxygen atoms in total. The van der Waals surface area contributed by atoms with Gasteiger partial charge in [0.05, 0.1) is 18.8 Å². The molecule has 1 aromatic carbocycles. The first-order chi connectivity index (χ1) is 13.0. The Balaban J connectivity index is 1.34. The van der Waals surface area contributed by atoms with Crippen molar-refractivity contribution in [2.75, 3.05) is 20.0 Å². The van der Waals surface area contributed by atoms with Crippen LogP contribution in [0.25, 0.3) is 0 Å². The van der Waals surface area contributed by atoms with Crippen molar-refractivity contribution < 1.29 is 42.9 Å². The lowest BCUT2D eigenvalue weighted by molar-refractivity contribution is -0.166. The summed E-state index contributed by atoms with van der Waals surface area (Å²) in [6, 6.07) is 2.80. The van der Waals surface area contributed by atoms with Crippen molar-refractivity contribution in [2.45, 2.75) is 43.4 Å². The molecule has 1 aliphatic carbocycles. The van der Waals surface area contributed by atoms with Crippen LogP contribution in [-0.2, 0) is 18.9 Å². The van der Waals surface area contributed by atoms with Gasteiger partial charge in [-0.15, -0.1) is 0 Å². The molecular weight excluding hydrogens is 362 g/mol. The second-order valence-electron chi connectivity index (χ2n) is 6.85. The molecule has 1 saturated carbocycles. The van der Waals surface area contributed by atoms with Crippen LogP contribution in [0.5, 0.6) is 5.75 Å². The Labute approximate surface area is 155 Å². The summed E-state index contributed by atoms with van der Waals surface area (Å²) in [5, 5.41) is 20.1. The number of rotatable bonds is 5. The van der Waals surface area contributed by atoms with Gasteiger partial charge in [0, 0.05) is 18.7 Å². The largest absolute Gasteiger partial charge is 0.535 e. The summed E-state index contributed by atoms with van der Waals surface area (Å²) in [6.45, 7) is 0.402. The summed E-state index contributed by atoms with van der Waals surface area (Å²) in [5.74, 6) is -0.575. The highest BCUT2D eigenvalue weighted by molar-refractivity contribution is 6.48. The third-order valence-corrected chi connectivity index (χ3v) is 5.10. The summed E-state index contributed by atoms with van der Waals surface area (Å²) >= 11 is 0. The normalized spacial score (nSPS) is 25.1. The fraction of sp³-hybridized carbons (Fsp3) is 0.588. The van der Waals surface area contributed by atoms with E-state index >= 15 is 0 Å². The van der Waals surface area contributed by atoms with Crippen LogP contribution in [0.3, 0.4) is 0 Å². The molecule has 0 aromatic heterocycles. The number of hydrogen-bond donors (Lipinski definition) is 2. The highest BCUT2D eigenvalue weighted by Gasteiger charge is 2.54. The van der Waals surface area contributed by atoms with Gasteiger partial charge >= 0.3 is 13.3 Å². The van der Waals surface area contributed by atoms with E-state index < -0.39 is 32.2 Å². The monoisotopic (exact) mass is 382 g/mol. The van der Waals surface area contributed by atoms with E-state index in [-0.39, 0.29) is 29.2 Å². The Kier molecular flexibility index (Phi) is 5.22. The van der Waals surface area contributed by atoms with Gasteiger partial charge in [-0.1, -0.05) is 6.07 Å². The fourth-order valence-electron chi connectivity index (χ4n) is 3.54. The maximum absolute atomic E-state index is 14.2. The van der Waals surface area contributed by atoms with Crippen LogP contribution in [0.1, 0.15) is 42.6 Å². The van der Waals surface area contributed by atoms with Crippen LogP contribution in [0.15, 0.2) is 12.1 Å². The van der Waals surface area contributed by atoms with Gasteiger partial charge in [-0.2, -0.15) is 0 Å². The molecule has 2 aliphatic heterocycles. The van der Waals surface area contributed by atoms with E-state index in [9.17, 15) is 19.3 Å².